The van der Waals surface area contributed by atoms with Crippen LogP contribution in [0.25, 0.3) is 0 Å². The zero-order valence-corrected chi connectivity index (χ0v) is 11.7. The van der Waals surface area contributed by atoms with Gasteiger partial charge in [-0.15, -0.1) is 0 Å². The van der Waals surface area contributed by atoms with Crippen LogP contribution >= 0.6 is 0 Å². The third-order valence-electron chi connectivity index (χ3n) is 3.21. The number of hydrogen-bond donors (Lipinski definition) is 1. The second-order valence-electron chi connectivity index (χ2n) is 4.83. The molecule has 0 aromatic heterocycles. The van der Waals surface area contributed by atoms with Crippen molar-refractivity contribution in [2.75, 3.05) is 5.32 Å². The minimum Gasteiger partial charge on any atom is -0.322 e. The molecule has 0 heterocycles. The van der Waals surface area contributed by atoms with Gasteiger partial charge in [0.05, 0.1) is 0 Å². The van der Waals surface area contributed by atoms with Crippen LogP contribution in [-0.4, -0.2) is 5.91 Å². The molecule has 0 aliphatic heterocycles. The number of anilines is 1. The van der Waals surface area contributed by atoms with Crippen LogP contribution in [0, 0.1) is 12.7 Å². The summed E-state index contributed by atoms with van der Waals surface area (Å²) >= 11 is 0. The Bertz CT molecular complexity index is 622. The highest BCUT2D eigenvalue weighted by atomic mass is 19.1. The zero-order chi connectivity index (χ0) is 14.5. The van der Waals surface area contributed by atoms with Gasteiger partial charge in [-0.2, -0.15) is 0 Å². The summed E-state index contributed by atoms with van der Waals surface area (Å²) in [6.07, 6.45) is 1.93. The predicted octanol–water partition coefficient (Wildman–Crippen LogP) is 4.34. The summed E-state index contributed by atoms with van der Waals surface area (Å²) in [7, 11) is 0. The summed E-state index contributed by atoms with van der Waals surface area (Å²) in [6, 6.07) is 12.1. The standard InChI is InChI=1S/C17H18FNO/c1-3-6-13-7-4-5-8-16(13)19-17(20)14-9-10-15(18)12(2)11-14/h4-5,7-11H,3,6H2,1-2H3,(H,19,20). The van der Waals surface area contributed by atoms with Crippen molar-refractivity contribution in [3.8, 4) is 0 Å². The van der Waals surface area contributed by atoms with Crippen molar-refractivity contribution in [2.45, 2.75) is 26.7 Å². The maximum Gasteiger partial charge on any atom is 0.255 e. The molecule has 3 heteroatoms. The second-order valence-corrected chi connectivity index (χ2v) is 4.83. The van der Waals surface area contributed by atoms with E-state index in [-0.39, 0.29) is 11.7 Å². The number of benzene rings is 2. The van der Waals surface area contributed by atoms with Gasteiger partial charge in [-0.1, -0.05) is 31.5 Å². The fourth-order valence-electron chi connectivity index (χ4n) is 2.11. The van der Waals surface area contributed by atoms with Gasteiger partial charge in [0.2, 0.25) is 0 Å². The number of nitrogens with one attached hydrogen (secondary N) is 1. The lowest BCUT2D eigenvalue weighted by Gasteiger charge is -2.11. The van der Waals surface area contributed by atoms with Crippen molar-refractivity contribution >= 4 is 11.6 Å². The van der Waals surface area contributed by atoms with E-state index in [4.69, 9.17) is 0 Å². The predicted molar refractivity (Wildman–Crippen MR) is 79.5 cm³/mol. The monoisotopic (exact) mass is 271 g/mol. The minimum atomic E-state index is -0.298. The maximum absolute atomic E-state index is 13.2. The topological polar surface area (TPSA) is 29.1 Å². The molecule has 0 fully saturated rings. The molecule has 2 nitrogen and oxygen atoms in total. The molecule has 1 N–H and O–H groups in total. The molecule has 0 aliphatic carbocycles. The third kappa shape index (κ3) is 3.23. The Morgan fingerprint density at radius 3 is 2.65 bits per heavy atom. The number of amides is 1. The molecule has 20 heavy (non-hydrogen) atoms. The van der Waals surface area contributed by atoms with Crippen molar-refractivity contribution < 1.29 is 9.18 Å². The van der Waals surface area contributed by atoms with Crippen molar-refractivity contribution in [2.24, 2.45) is 0 Å². The summed E-state index contributed by atoms with van der Waals surface area (Å²) in [5.41, 5.74) is 2.87. The number of halogens is 1. The largest absolute Gasteiger partial charge is 0.322 e. The van der Waals surface area contributed by atoms with Crippen LogP contribution in [0.1, 0.15) is 34.8 Å². The first-order chi connectivity index (χ1) is 9.61. The Hall–Kier alpha value is -2.16. The molecular weight excluding hydrogens is 253 g/mol. The SMILES string of the molecule is CCCc1ccccc1NC(=O)c1ccc(F)c(C)c1. The average Bonchev–Trinajstić information content (AvgIpc) is 2.44. The van der Waals surface area contributed by atoms with Crippen molar-refractivity contribution in [3.63, 3.8) is 0 Å². The molecule has 2 aromatic rings. The van der Waals surface area contributed by atoms with E-state index >= 15 is 0 Å². The molecule has 0 unspecified atom stereocenters. The van der Waals surface area contributed by atoms with E-state index in [1.54, 1.807) is 13.0 Å². The molecule has 0 aliphatic rings. The van der Waals surface area contributed by atoms with Crippen LogP contribution in [-0.2, 0) is 6.42 Å². The molecule has 0 bridgehead atoms. The quantitative estimate of drug-likeness (QED) is 0.880. The van der Waals surface area contributed by atoms with Gasteiger partial charge < -0.3 is 5.32 Å². The Labute approximate surface area is 118 Å². The number of hydrogen-bond acceptors (Lipinski definition) is 1. The molecule has 0 saturated heterocycles. The summed E-state index contributed by atoms with van der Waals surface area (Å²) in [5.74, 6) is -0.510. The second kappa shape index (κ2) is 6.33. The van der Waals surface area contributed by atoms with Crippen LogP contribution < -0.4 is 5.32 Å². The summed E-state index contributed by atoms with van der Waals surface area (Å²) < 4.78 is 13.2. The first-order valence-corrected chi connectivity index (χ1v) is 6.77. The molecule has 0 atom stereocenters. The van der Waals surface area contributed by atoms with Gasteiger partial charge in [-0.25, -0.2) is 4.39 Å². The van der Waals surface area contributed by atoms with Gasteiger partial charge in [0.15, 0.2) is 0 Å². The maximum atomic E-state index is 13.2. The van der Waals surface area contributed by atoms with E-state index < -0.39 is 0 Å². The highest BCUT2D eigenvalue weighted by molar-refractivity contribution is 6.04. The van der Waals surface area contributed by atoms with Gasteiger partial charge in [-0.05, 0) is 48.7 Å². The van der Waals surface area contributed by atoms with E-state index in [0.717, 1.165) is 24.1 Å². The molecule has 1 amide bonds. The Morgan fingerprint density at radius 2 is 1.95 bits per heavy atom. The fraction of sp³-hybridized carbons (Fsp3) is 0.235. The molecule has 2 rings (SSSR count). The Morgan fingerprint density at radius 1 is 1.20 bits per heavy atom. The van der Waals surface area contributed by atoms with Crippen molar-refractivity contribution in [1.29, 1.82) is 0 Å². The van der Waals surface area contributed by atoms with Crippen LogP contribution in [0.15, 0.2) is 42.5 Å². The normalized spacial score (nSPS) is 10.3. The number of para-hydroxylation sites is 1. The minimum absolute atomic E-state index is 0.211. The molecule has 104 valence electrons. The molecular formula is C17H18FNO. The molecule has 0 saturated carbocycles. The molecule has 0 radical (unpaired) electrons. The lowest BCUT2D eigenvalue weighted by atomic mass is 10.1. The summed E-state index contributed by atoms with van der Waals surface area (Å²) in [4.78, 5) is 12.2. The highest BCUT2D eigenvalue weighted by Crippen LogP contribution is 2.18. The van der Waals surface area contributed by atoms with Crippen LogP contribution in [0.3, 0.4) is 0 Å². The van der Waals surface area contributed by atoms with Gasteiger partial charge in [-0.3, -0.25) is 4.79 Å². The van der Waals surface area contributed by atoms with Gasteiger partial charge in [0.25, 0.3) is 5.91 Å². The van der Waals surface area contributed by atoms with E-state index in [1.807, 2.05) is 24.3 Å². The Balaban J connectivity index is 2.21. The van der Waals surface area contributed by atoms with Gasteiger partial charge in [0, 0.05) is 11.3 Å². The molecule has 2 aromatic carbocycles. The first kappa shape index (κ1) is 14.3. The van der Waals surface area contributed by atoms with E-state index in [2.05, 4.69) is 12.2 Å². The van der Waals surface area contributed by atoms with Crippen molar-refractivity contribution in [1.82, 2.24) is 0 Å². The average molecular weight is 271 g/mol. The van der Waals surface area contributed by atoms with E-state index in [9.17, 15) is 9.18 Å². The lowest BCUT2D eigenvalue weighted by molar-refractivity contribution is 0.102. The number of aryl methyl sites for hydroxylation is 2. The smallest absolute Gasteiger partial charge is 0.255 e. The summed E-state index contributed by atoms with van der Waals surface area (Å²) in [6.45, 7) is 3.75. The zero-order valence-electron chi connectivity index (χ0n) is 11.7. The number of rotatable bonds is 4. The first-order valence-electron chi connectivity index (χ1n) is 6.77. The number of carbonyl (C=O) groups is 1. The fourth-order valence-corrected chi connectivity index (χ4v) is 2.11. The van der Waals surface area contributed by atoms with E-state index in [0.29, 0.717) is 11.1 Å². The Kier molecular flexibility index (Phi) is 4.51. The van der Waals surface area contributed by atoms with E-state index in [1.165, 1.54) is 12.1 Å². The van der Waals surface area contributed by atoms with Crippen LogP contribution in [0.5, 0.6) is 0 Å². The third-order valence-corrected chi connectivity index (χ3v) is 3.21. The lowest BCUT2D eigenvalue weighted by Crippen LogP contribution is -2.13. The molecule has 0 spiro atoms. The van der Waals surface area contributed by atoms with Crippen LogP contribution in [0.4, 0.5) is 10.1 Å². The highest BCUT2D eigenvalue weighted by Gasteiger charge is 2.10. The van der Waals surface area contributed by atoms with Gasteiger partial charge in [0.1, 0.15) is 5.82 Å². The van der Waals surface area contributed by atoms with Gasteiger partial charge >= 0.3 is 0 Å². The van der Waals surface area contributed by atoms with Crippen LogP contribution in [0.2, 0.25) is 0 Å². The number of carbonyl (C=O) groups excluding carboxylic acids is 1. The summed E-state index contributed by atoms with van der Waals surface area (Å²) in [5, 5.41) is 2.90. The van der Waals surface area contributed by atoms with Crippen molar-refractivity contribution in [3.05, 3.63) is 65.0 Å².